The summed E-state index contributed by atoms with van der Waals surface area (Å²) >= 11 is 0. The summed E-state index contributed by atoms with van der Waals surface area (Å²) in [6, 6.07) is 10.4. The van der Waals surface area contributed by atoms with Crippen molar-refractivity contribution in [3.63, 3.8) is 0 Å². The van der Waals surface area contributed by atoms with Crippen molar-refractivity contribution in [2.45, 2.75) is 33.6 Å². The van der Waals surface area contributed by atoms with E-state index in [2.05, 4.69) is 51.1 Å². The molecule has 0 aromatic heterocycles. The first kappa shape index (κ1) is 13.9. The van der Waals surface area contributed by atoms with Gasteiger partial charge >= 0.3 is 0 Å². The topological polar surface area (TPSA) is 20.3 Å². The second-order valence-corrected chi connectivity index (χ2v) is 6.42. The summed E-state index contributed by atoms with van der Waals surface area (Å²) in [6.45, 7) is 7.93. The van der Waals surface area contributed by atoms with Gasteiger partial charge in [0.1, 0.15) is 0 Å². The van der Waals surface area contributed by atoms with Crippen LogP contribution in [0.5, 0.6) is 0 Å². The number of hydrogen-bond donors (Lipinski definition) is 0. The molecule has 1 aromatic rings. The van der Waals surface area contributed by atoms with Crippen molar-refractivity contribution in [1.82, 2.24) is 4.90 Å². The summed E-state index contributed by atoms with van der Waals surface area (Å²) in [6.07, 6.45) is 3.78. The van der Waals surface area contributed by atoms with Gasteiger partial charge in [-0.05, 0) is 23.0 Å². The van der Waals surface area contributed by atoms with Crippen molar-refractivity contribution < 1.29 is 4.79 Å². The molecule has 0 bridgehead atoms. The maximum atomic E-state index is 12.2. The number of hydrogen-bond acceptors (Lipinski definition) is 1. The standard InChI is InChI=1S/C17H23NO/c1-17(2,3)13-16(19)18-11-9-15(10-12-18)14-7-5-4-6-8-14/h4-9H,10-13H2,1-3H3. The van der Waals surface area contributed by atoms with Crippen LogP contribution in [-0.4, -0.2) is 23.9 Å². The van der Waals surface area contributed by atoms with Crippen LogP contribution in [0.4, 0.5) is 0 Å². The normalized spacial score (nSPS) is 16.2. The molecular weight excluding hydrogens is 234 g/mol. The van der Waals surface area contributed by atoms with E-state index in [9.17, 15) is 4.79 Å². The van der Waals surface area contributed by atoms with Crippen LogP contribution in [0.25, 0.3) is 5.57 Å². The molecule has 1 aromatic carbocycles. The van der Waals surface area contributed by atoms with Crippen molar-refractivity contribution in [3.8, 4) is 0 Å². The smallest absolute Gasteiger partial charge is 0.223 e. The van der Waals surface area contributed by atoms with Gasteiger partial charge in [0.2, 0.25) is 5.91 Å². The molecule has 0 unspecified atom stereocenters. The SMILES string of the molecule is CC(C)(C)CC(=O)N1CC=C(c2ccccc2)CC1. The fourth-order valence-corrected chi connectivity index (χ4v) is 2.38. The molecule has 0 fully saturated rings. The molecule has 2 nitrogen and oxygen atoms in total. The Morgan fingerprint density at radius 3 is 2.42 bits per heavy atom. The van der Waals surface area contributed by atoms with E-state index >= 15 is 0 Å². The molecule has 0 radical (unpaired) electrons. The van der Waals surface area contributed by atoms with Crippen molar-refractivity contribution in [2.24, 2.45) is 5.41 Å². The van der Waals surface area contributed by atoms with E-state index in [1.165, 1.54) is 11.1 Å². The monoisotopic (exact) mass is 257 g/mol. The molecule has 0 N–H and O–H groups in total. The second-order valence-electron chi connectivity index (χ2n) is 6.42. The molecule has 0 spiro atoms. The van der Waals surface area contributed by atoms with Gasteiger partial charge < -0.3 is 4.90 Å². The highest BCUT2D eigenvalue weighted by Crippen LogP contribution is 2.25. The van der Waals surface area contributed by atoms with Gasteiger partial charge in [-0.3, -0.25) is 4.79 Å². The zero-order valence-corrected chi connectivity index (χ0v) is 12.1. The van der Waals surface area contributed by atoms with Gasteiger partial charge in [-0.15, -0.1) is 0 Å². The van der Waals surface area contributed by atoms with Crippen LogP contribution >= 0.6 is 0 Å². The molecular formula is C17H23NO. The lowest BCUT2D eigenvalue weighted by atomic mass is 9.91. The predicted octanol–water partition coefficient (Wildman–Crippen LogP) is 3.74. The highest BCUT2D eigenvalue weighted by atomic mass is 16.2. The molecule has 0 aliphatic carbocycles. The lowest BCUT2D eigenvalue weighted by Crippen LogP contribution is -2.36. The number of amides is 1. The third-order valence-electron chi connectivity index (χ3n) is 3.39. The first-order valence-electron chi connectivity index (χ1n) is 6.98. The Morgan fingerprint density at radius 2 is 1.89 bits per heavy atom. The van der Waals surface area contributed by atoms with Crippen molar-refractivity contribution in [1.29, 1.82) is 0 Å². The minimum Gasteiger partial charge on any atom is -0.339 e. The Bertz CT molecular complexity index is 468. The van der Waals surface area contributed by atoms with Crippen LogP contribution in [0.3, 0.4) is 0 Å². The van der Waals surface area contributed by atoms with E-state index in [1.54, 1.807) is 0 Å². The summed E-state index contributed by atoms with van der Waals surface area (Å²) in [4.78, 5) is 14.1. The summed E-state index contributed by atoms with van der Waals surface area (Å²) in [5.41, 5.74) is 2.71. The molecule has 0 atom stereocenters. The van der Waals surface area contributed by atoms with E-state index < -0.39 is 0 Å². The lowest BCUT2D eigenvalue weighted by Gasteiger charge is -2.29. The average Bonchev–Trinajstić information content (AvgIpc) is 2.38. The number of carbonyl (C=O) groups excluding carboxylic acids is 1. The lowest BCUT2D eigenvalue weighted by molar-refractivity contribution is -0.132. The van der Waals surface area contributed by atoms with Crippen LogP contribution in [0.2, 0.25) is 0 Å². The molecule has 0 saturated carbocycles. The molecule has 1 amide bonds. The van der Waals surface area contributed by atoms with Gasteiger partial charge in [-0.1, -0.05) is 57.2 Å². The zero-order chi connectivity index (χ0) is 13.9. The maximum absolute atomic E-state index is 12.2. The Kier molecular flexibility index (Phi) is 4.08. The molecule has 102 valence electrons. The van der Waals surface area contributed by atoms with Gasteiger partial charge in [0.15, 0.2) is 0 Å². The van der Waals surface area contributed by atoms with Crippen molar-refractivity contribution >= 4 is 11.5 Å². The Labute approximate surface area is 116 Å². The van der Waals surface area contributed by atoms with Gasteiger partial charge in [-0.2, -0.15) is 0 Å². The molecule has 2 rings (SSSR count). The van der Waals surface area contributed by atoms with Gasteiger partial charge in [0.25, 0.3) is 0 Å². The van der Waals surface area contributed by atoms with Crippen LogP contribution in [0.1, 0.15) is 39.2 Å². The van der Waals surface area contributed by atoms with E-state index in [0.29, 0.717) is 6.42 Å². The maximum Gasteiger partial charge on any atom is 0.223 e. The molecule has 19 heavy (non-hydrogen) atoms. The third-order valence-corrected chi connectivity index (χ3v) is 3.39. The van der Waals surface area contributed by atoms with E-state index in [4.69, 9.17) is 0 Å². The van der Waals surface area contributed by atoms with E-state index in [1.807, 2.05) is 11.0 Å². The summed E-state index contributed by atoms with van der Waals surface area (Å²) in [5.74, 6) is 0.274. The van der Waals surface area contributed by atoms with Crippen LogP contribution in [0.15, 0.2) is 36.4 Å². The van der Waals surface area contributed by atoms with Crippen molar-refractivity contribution in [2.75, 3.05) is 13.1 Å². The molecule has 0 saturated heterocycles. The van der Waals surface area contributed by atoms with Crippen LogP contribution < -0.4 is 0 Å². The highest BCUT2D eigenvalue weighted by molar-refractivity contribution is 5.78. The first-order valence-corrected chi connectivity index (χ1v) is 6.98. The Balaban J connectivity index is 1.98. The van der Waals surface area contributed by atoms with Gasteiger partial charge in [0, 0.05) is 19.5 Å². The first-order chi connectivity index (χ1) is 8.96. The fraction of sp³-hybridized carbons (Fsp3) is 0.471. The Hall–Kier alpha value is -1.57. The minimum absolute atomic E-state index is 0.0699. The van der Waals surface area contributed by atoms with Gasteiger partial charge in [0.05, 0.1) is 0 Å². The zero-order valence-electron chi connectivity index (χ0n) is 12.1. The van der Waals surface area contributed by atoms with Crippen LogP contribution in [0, 0.1) is 5.41 Å². The van der Waals surface area contributed by atoms with E-state index in [0.717, 1.165) is 19.5 Å². The summed E-state index contributed by atoms with van der Waals surface area (Å²) < 4.78 is 0. The minimum atomic E-state index is 0.0699. The fourth-order valence-electron chi connectivity index (χ4n) is 2.38. The molecule has 1 heterocycles. The number of carbonyl (C=O) groups is 1. The largest absolute Gasteiger partial charge is 0.339 e. The molecule has 1 aliphatic rings. The van der Waals surface area contributed by atoms with Crippen LogP contribution in [-0.2, 0) is 4.79 Å². The molecule has 1 aliphatic heterocycles. The highest BCUT2D eigenvalue weighted by Gasteiger charge is 2.22. The second kappa shape index (κ2) is 5.60. The molecule has 2 heteroatoms. The summed E-state index contributed by atoms with van der Waals surface area (Å²) in [5, 5.41) is 0. The van der Waals surface area contributed by atoms with Gasteiger partial charge in [-0.25, -0.2) is 0 Å². The average molecular weight is 257 g/mol. The van der Waals surface area contributed by atoms with Crippen molar-refractivity contribution in [3.05, 3.63) is 42.0 Å². The number of benzene rings is 1. The Morgan fingerprint density at radius 1 is 1.21 bits per heavy atom. The quantitative estimate of drug-likeness (QED) is 0.790. The number of nitrogens with zero attached hydrogens (tertiary/aromatic N) is 1. The van der Waals surface area contributed by atoms with E-state index in [-0.39, 0.29) is 11.3 Å². The predicted molar refractivity (Wildman–Crippen MR) is 79.7 cm³/mol. The summed E-state index contributed by atoms with van der Waals surface area (Å²) in [7, 11) is 0. The third kappa shape index (κ3) is 3.95. The number of rotatable bonds is 2.